The lowest BCUT2D eigenvalue weighted by atomic mass is 9.96. The van der Waals surface area contributed by atoms with E-state index in [1.165, 1.54) is 0 Å². The summed E-state index contributed by atoms with van der Waals surface area (Å²) in [5.74, 6) is -3.07. The summed E-state index contributed by atoms with van der Waals surface area (Å²) in [6, 6.07) is 1.85. The minimum atomic E-state index is -4.56. The molecule has 2 fully saturated rings. The first-order valence-corrected chi connectivity index (χ1v) is 12.2. The highest BCUT2D eigenvalue weighted by atomic mass is 19.4. The van der Waals surface area contributed by atoms with E-state index in [4.69, 9.17) is 0 Å². The number of halogens is 3. The first kappa shape index (κ1) is 28.2. The van der Waals surface area contributed by atoms with Crippen molar-refractivity contribution in [1.82, 2.24) is 20.9 Å². The van der Waals surface area contributed by atoms with Crippen LogP contribution in [-0.4, -0.2) is 72.5 Å². The van der Waals surface area contributed by atoms with Gasteiger partial charge in [-0.15, -0.1) is 0 Å². The highest BCUT2D eigenvalue weighted by molar-refractivity contribution is 5.96. The number of likely N-dealkylation sites (tertiary alicyclic amines) is 1. The van der Waals surface area contributed by atoms with E-state index in [9.17, 15) is 37.5 Å². The zero-order chi connectivity index (χ0) is 27.0. The Kier molecular flexibility index (Phi) is 9.67. The van der Waals surface area contributed by atoms with Gasteiger partial charge in [-0.3, -0.25) is 14.4 Å². The second-order valence-corrected chi connectivity index (χ2v) is 9.25. The Morgan fingerprint density at radius 3 is 2.41 bits per heavy atom. The number of carbonyl (C=O) groups excluding carboxylic acids is 3. The summed E-state index contributed by atoms with van der Waals surface area (Å²) in [5, 5.41) is 17.4. The molecular formula is C25H31F3N4O5. The number of hydrogen-bond acceptors (Lipinski definition) is 5. The molecule has 0 aliphatic carbocycles. The van der Waals surface area contributed by atoms with Crippen LogP contribution in [0.4, 0.5) is 13.2 Å². The molecule has 0 radical (unpaired) electrons. The van der Waals surface area contributed by atoms with Crippen LogP contribution in [0.15, 0.2) is 36.4 Å². The van der Waals surface area contributed by atoms with Gasteiger partial charge in [-0.1, -0.05) is 6.08 Å². The average molecular weight is 525 g/mol. The Bertz CT molecular complexity index is 1010. The molecule has 0 spiro atoms. The highest BCUT2D eigenvalue weighted by Gasteiger charge is 2.31. The van der Waals surface area contributed by atoms with Crippen molar-refractivity contribution in [1.29, 1.82) is 0 Å². The number of allylic oxidation sites excluding steroid dienone is 1. The standard InChI is InChI=1S/C25H31F3N4O5/c26-25(27,28)19-6-4-17(5-7-19)23(35)31-20(24(36)37)14-30-22(34)18-2-1-13-32(15-18)21(33)8-3-16-9-11-29-12-10-16/h3-8,16,18,20,29H,1-2,9-15H2,(H,30,34)(H,31,35)(H,36,37)/b8-3+/t18-,20+/m1/s1. The molecule has 37 heavy (non-hydrogen) atoms. The van der Waals surface area contributed by atoms with Crippen LogP contribution in [0.2, 0.25) is 0 Å². The fourth-order valence-electron chi connectivity index (χ4n) is 4.35. The Labute approximate surface area is 212 Å². The molecule has 3 amide bonds. The smallest absolute Gasteiger partial charge is 0.416 e. The van der Waals surface area contributed by atoms with Crippen LogP contribution in [0.25, 0.3) is 0 Å². The molecule has 1 aromatic rings. The first-order valence-electron chi connectivity index (χ1n) is 12.2. The molecule has 2 saturated heterocycles. The molecule has 9 nitrogen and oxygen atoms in total. The number of carboxylic acid groups (broad SMARTS) is 1. The number of hydrogen-bond donors (Lipinski definition) is 4. The van der Waals surface area contributed by atoms with Gasteiger partial charge < -0.3 is 26.0 Å². The predicted molar refractivity (Wildman–Crippen MR) is 127 cm³/mol. The molecule has 12 heteroatoms. The largest absolute Gasteiger partial charge is 0.480 e. The van der Waals surface area contributed by atoms with Gasteiger partial charge >= 0.3 is 12.1 Å². The molecule has 0 aromatic heterocycles. The van der Waals surface area contributed by atoms with Gasteiger partial charge in [0.2, 0.25) is 11.8 Å². The second kappa shape index (κ2) is 12.7. The fraction of sp³-hybridized carbons (Fsp3) is 0.520. The van der Waals surface area contributed by atoms with Crippen LogP contribution in [0.1, 0.15) is 41.6 Å². The van der Waals surface area contributed by atoms with Crippen LogP contribution >= 0.6 is 0 Å². The Balaban J connectivity index is 1.50. The summed E-state index contributed by atoms with van der Waals surface area (Å²) in [5.41, 5.74) is -1.09. The predicted octanol–water partition coefficient (Wildman–Crippen LogP) is 1.80. The van der Waals surface area contributed by atoms with Crippen molar-refractivity contribution in [3.63, 3.8) is 0 Å². The Morgan fingerprint density at radius 2 is 1.78 bits per heavy atom. The minimum Gasteiger partial charge on any atom is -0.480 e. The molecule has 202 valence electrons. The van der Waals surface area contributed by atoms with Crippen LogP contribution in [0.5, 0.6) is 0 Å². The normalized spacial score (nSPS) is 19.9. The van der Waals surface area contributed by atoms with Crippen molar-refractivity contribution >= 4 is 23.7 Å². The van der Waals surface area contributed by atoms with Gasteiger partial charge in [-0.25, -0.2) is 4.79 Å². The number of piperidine rings is 2. The number of aliphatic carboxylic acids is 1. The average Bonchev–Trinajstić information content (AvgIpc) is 2.89. The summed E-state index contributed by atoms with van der Waals surface area (Å²) < 4.78 is 38.1. The molecule has 2 heterocycles. The van der Waals surface area contributed by atoms with Crippen molar-refractivity contribution in [3.05, 3.63) is 47.5 Å². The molecule has 0 unspecified atom stereocenters. The Hall–Kier alpha value is -3.41. The van der Waals surface area contributed by atoms with E-state index in [0.29, 0.717) is 25.3 Å². The summed E-state index contributed by atoms with van der Waals surface area (Å²) in [6.45, 7) is 2.15. The molecule has 0 saturated carbocycles. The van der Waals surface area contributed by atoms with Gasteiger partial charge in [0.25, 0.3) is 5.91 Å². The lowest BCUT2D eigenvalue weighted by Gasteiger charge is -2.31. The van der Waals surface area contributed by atoms with Gasteiger partial charge in [-0.05, 0) is 75.0 Å². The monoisotopic (exact) mass is 524 g/mol. The Morgan fingerprint density at radius 1 is 1.11 bits per heavy atom. The number of carbonyl (C=O) groups is 4. The molecule has 2 aliphatic heterocycles. The third kappa shape index (κ3) is 8.31. The number of amides is 3. The number of alkyl halides is 3. The second-order valence-electron chi connectivity index (χ2n) is 9.25. The number of carboxylic acids is 1. The van der Waals surface area contributed by atoms with Crippen LogP contribution in [-0.2, 0) is 20.6 Å². The van der Waals surface area contributed by atoms with Crippen molar-refractivity contribution in [2.75, 3.05) is 32.7 Å². The summed E-state index contributed by atoms with van der Waals surface area (Å²) in [7, 11) is 0. The molecule has 2 atom stereocenters. The summed E-state index contributed by atoms with van der Waals surface area (Å²) in [4.78, 5) is 50.8. The highest BCUT2D eigenvalue weighted by Crippen LogP contribution is 2.29. The molecular weight excluding hydrogens is 493 g/mol. The zero-order valence-electron chi connectivity index (χ0n) is 20.2. The third-order valence-electron chi connectivity index (χ3n) is 6.56. The van der Waals surface area contributed by atoms with Crippen molar-refractivity contribution in [2.45, 2.75) is 37.9 Å². The lowest BCUT2D eigenvalue weighted by Crippen LogP contribution is -2.51. The van der Waals surface area contributed by atoms with Gasteiger partial charge in [0.15, 0.2) is 0 Å². The van der Waals surface area contributed by atoms with E-state index >= 15 is 0 Å². The van der Waals surface area contributed by atoms with Gasteiger partial charge in [0.1, 0.15) is 6.04 Å². The molecule has 4 N–H and O–H groups in total. The van der Waals surface area contributed by atoms with Crippen molar-refractivity contribution in [2.24, 2.45) is 11.8 Å². The van der Waals surface area contributed by atoms with Crippen LogP contribution in [0.3, 0.4) is 0 Å². The van der Waals surface area contributed by atoms with E-state index in [1.54, 1.807) is 11.0 Å². The number of benzene rings is 1. The molecule has 0 bridgehead atoms. The quantitative estimate of drug-likeness (QED) is 0.384. The van der Waals surface area contributed by atoms with E-state index in [-0.39, 0.29) is 18.0 Å². The van der Waals surface area contributed by atoms with Crippen molar-refractivity contribution in [3.8, 4) is 0 Å². The zero-order valence-corrected chi connectivity index (χ0v) is 20.2. The molecule has 1 aromatic carbocycles. The van der Waals surface area contributed by atoms with E-state index in [0.717, 1.165) is 50.2 Å². The van der Waals surface area contributed by atoms with E-state index in [2.05, 4.69) is 16.0 Å². The lowest BCUT2D eigenvalue weighted by molar-refractivity contribution is -0.139. The van der Waals surface area contributed by atoms with Gasteiger partial charge in [-0.2, -0.15) is 13.2 Å². The fourth-order valence-corrected chi connectivity index (χ4v) is 4.35. The van der Waals surface area contributed by atoms with Crippen LogP contribution in [0, 0.1) is 11.8 Å². The maximum absolute atomic E-state index is 12.7. The number of nitrogens with zero attached hydrogens (tertiary/aromatic N) is 1. The van der Waals surface area contributed by atoms with Gasteiger partial charge in [0, 0.05) is 25.2 Å². The topological polar surface area (TPSA) is 128 Å². The number of nitrogens with one attached hydrogen (secondary N) is 3. The van der Waals surface area contributed by atoms with Gasteiger partial charge in [0.05, 0.1) is 11.5 Å². The van der Waals surface area contributed by atoms with Crippen LogP contribution < -0.4 is 16.0 Å². The maximum Gasteiger partial charge on any atom is 0.416 e. The summed E-state index contributed by atoms with van der Waals surface area (Å²) in [6.07, 6.45) is 2.01. The summed E-state index contributed by atoms with van der Waals surface area (Å²) >= 11 is 0. The van der Waals surface area contributed by atoms with E-state index in [1.807, 2.05) is 6.08 Å². The molecule has 2 aliphatic rings. The van der Waals surface area contributed by atoms with E-state index < -0.39 is 48.0 Å². The maximum atomic E-state index is 12.7. The van der Waals surface area contributed by atoms with Crippen molar-refractivity contribution < 1.29 is 37.5 Å². The molecule has 3 rings (SSSR count). The third-order valence-corrected chi connectivity index (χ3v) is 6.56. The SMILES string of the molecule is O=C(N[C@@H](CNC(=O)[C@@H]1CCCN(C(=O)/C=C/C2CCNCC2)C1)C(=O)O)c1ccc(C(F)(F)F)cc1. The first-order chi connectivity index (χ1) is 17.5. The minimum absolute atomic E-state index is 0.149. The number of rotatable bonds is 8.